The topological polar surface area (TPSA) is 81.5 Å². The van der Waals surface area contributed by atoms with Crippen LogP contribution in [0.25, 0.3) is 0 Å². The molecule has 0 heterocycles. The number of ether oxygens (including phenoxy) is 1. The van der Waals surface area contributed by atoms with Crippen molar-refractivity contribution in [1.82, 2.24) is 5.32 Å². The van der Waals surface area contributed by atoms with Gasteiger partial charge in [0.15, 0.2) is 0 Å². The maximum Gasteiger partial charge on any atom is 0.407 e. The number of non-ortho nitro benzene ring substituents is 1. The molecule has 0 unspecified atom stereocenters. The van der Waals surface area contributed by atoms with Crippen molar-refractivity contribution in [2.75, 3.05) is 6.54 Å². The van der Waals surface area contributed by atoms with Gasteiger partial charge in [0.05, 0.1) is 9.67 Å². The molecule has 0 bridgehead atoms. The number of amides is 1. The molecule has 0 aromatic heterocycles. The zero-order valence-electron chi connectivity index (χ0n) is 20.9. The smallest absolute Gasteiger partial charge is 0.407 e. The Morgan fingerprint density at radius 2 is 1.32 bits per heavy atom. The summed E-state index contributed by atoms with van der Waals surface area (Å²) in [7, 11) is 0. The fraction of sp³-hybridized carbons (Fsp3) is 0.129. The lowest BCUT2D eigenvalue weighted by molar-refractivity contribution is -0.384. The minimum atomic E-state index is -0.558. The first-order chi connectivity index (χ1) is 18.5. The van der Waals surface area contributed by atoms with Gasteiger partial charge in [-0.3, -0.25) is 10.1 Å². The molecule has 0 aliphatic carbocycles. The van der Waals surface area contributed by atoms with Gasteiger partial charge in [-0.25, -0.2) is 4.79 Å². The molecular formula is C31H28N2O4S. The highest BCUT2D eigenvalue weighted by molar-refractivity contribution is 8.04. The molecule has 1 amide bonds. The first-order valence-electron chi connectivity index (χ1n) is 12.2. The Bertz CT molecular complexity index is 1280. The molecule has 4 aromatic rings. The molecule has 7 heteroatoms. The fourth-order valence-corrected chi connectivity index (χ4v) is 5.58. The second-order valence-electron chi connectivity index (χ2n) is 8.58. The van der Waals surface area contributed by atoms with Crippen molar-refractivity contribution in [2.24, 2.45) is 0 Å². The summed E-state index contributed by atoms with van der Waals surface area (Å²) < 4.78 is 4.78. The third-order valence-electron chi connectivity index (χ3n) is 6.01. The van der Waals surface area contributed by atoms with E-state index in [9.17, 15) is 14.9 Å². The van der Waals surface area contributed by atoms with Crippen LogP contribution in [-0.4, -0.2) is 17.6 Å². The summed E-state index contributed by atoms with van der Waals surface area (Å²) in [6.07, 6.45) is 1.42. The summed E-state index contributed by atoms with van der Waals surface area (Å²) in [5, 5.41) is 13.5. The Morgan fingerprint density at radius 3 is 1.76 bits per heavy atom. The molecule has 0 spiro atoms. The number of nitro groups is 1. The number of nitrogens with one attached hydrogen (secondary N) is 1. The van der Waals surface area contributed by atoms with Gasteiger partial charge in [-0.15, -0.1) is 11.8 Å². The second kappa shape index (κ2) is 12.7. The molecular weight excluding hydrogens is 496 g/mol. The molecule has 192 valence electrons. The Hall–Kier alpha value is -4.36. The van der Waals surface area contributed by atoms with Crippen molar-refractivity contribution in [3.05, 3.63) is 159 Å². The van der Waals surface area contributed by atoms with Crippen LogP contribution in [0.4, 0.5) is 10.5 Å². The van der Waals surface area contributed by atoms with Gasteiger partial charge >= 0.3 is 6.09 Å². The zero-order chi connectivity index (χ0) is 26.8. The number of carbonyl (C=O) groups excluding carboxylic acids is 1. The van der Waals surface area contributed by atoms with Crippen LogP contribution in [0, 0.1) is 10.1 Å². The quantitative estimate of drug-likeness (QED) is 0.132. The van der Waals surface area contributed by atoms with E-state index in [1.165, 1.54) is 12.1 Å². The van der Waals surface area contributed by atoms with Crippen molar-refractivity contribution >= 4 is 23.5 Å². The molecule has 0 aliphatic rings. The van der Waals surface area contributed by atoms with Gasteiger partial charge in [-0.1, -0.05) is 97.1 Å². The van der Waals surface area contributed by atoms with Crippen molar-refractivity contribution in [3.63, 3.8) is 0 Å². The number of nitro benzene ring substituents is 1. The maximum absolute atomic E-state index is 12.2. The van der Waals surface area contributed by atoms with Crippen LogP contribution in [0.1, 0.15) is 29.2 Å². The summed E-state index contributed by atoms with van der Waals surface area (Å²) in [5.74, 6) is 0. The Kier molecular flexibility index (Phi) is 8.95. The van der Waals surface area contributed by atoms with E-state index in [4.69, 9.17) is 4.74 Å². The number of hydrogen-bond acceptors (Lipinski definition) is 5. The van der Waals surface area contributed by atoms with Crippen LogP contribution in [-0.2, 0) is 16.1 Å². The molecule has 0 atom stereocenters. The average Bonchev–Trinajstić information content (AvgIpc) is 2.96. The largest absolute Gasteiger partial charge is 0.445 e. The maximum atomic E-state index is 12.2. The van der Waals surface area contributed by atoms with E-state index in [0.717, 1.165) is 21.6 Å². The van der Waals surface area contributed by atoms with Crippen LogP contribution in [0.2, 0.25) is 0 Å². The van der Waals surface area contributed by atoms with Gasteiger partial charge in [-0.05, 0) is 46.2 Å². The van der Waals surface area contributed by atoms with Gasteiger partial charge in [0, 0.05) is 18.7 Å². The number of nitrogens with zero attached hydrogens (tertiary/aromatic N) is 1. The predicted octanol–water partition coefficient (Wildman–Crippen LogP) is 7.45. The summed E-state index contributed by atoms with van der Waals surface area (Å²) in [6.45, 7) is 2.37. The van der Waals surface area contributed by atoms with Gasteiger partial charge in [0.2, 0.25) is 0 Å². The third kappa shape index (κ3) is 6.49. The van der Waals surface area contributed by atoms with E-state index < -0.39 is 15.8 Å². The molecule has 0 fully saturated rings. The Morgan fingerprint density at radius 1 is 0.842 bits per heavy atom. The number of hydrogen-bond donors (Lipinski definition) is 1. The number of carbonyl (C=O) groups is 1. The Labute approximate surface area is 226 Å². The normalized spacial score (nSPS) is 11.6. The molecule has 0 radical (unpaired) electrons. The first kappa shape index (κ1) is 26.7. The van der Waals surface area contributed by atoms with Gasteiger partial charge in [-0.2, -0.15) is 0 Å². The predicted molar refractivity (Wildman–Crippen MR) is 152 cm³/mol. The molecule has 4 aromatic carbocycles. The van der Waals surface area contributed by atoms with Crippen LogP contribution < -0.4 is 5.32 Å². The lowest BCUT2D eigenvalue weighted by Gasteiger charge is -2.35. The molecule has 0 aliphatic heterocycles. The summed E-state index contributed by atoms with van der Waals surface area (Å²) in [4.78, 5) is 23.6. The second-order valence-corrected chi connectivity index (χ2v) is 10.0. The lowest BCUT2D eigenvalue weighted by Crippen LogP contribution is -2.26. The van der Waals surface area contributed by atoms with Crippen LogP contribution in [0.5, 0.6) is 0 Å². The SMILES string of the molecule is C/C(=C/CNC(=O)OCc1ccc([N+](=O)[O-])cc1)SC(c1ccccc1)(c1ccccc1)c1ccccc1. The molecule has 1 N–H and O–H groups in total. The minimum Gasteiger partial charge on any atom is -0.445 e. The number of allylic oxidation sites excluding steroid dienone is 1. The van der Waals surface area contributed by atoms with E-state index in [1.54, 1.807) is 23.9 Å². The molecule has 4 rings (SSSR count). The van der Waals surface area contributed by atoms with Crippen molar-refractivity contribution in [3.8, 4) is 0 Å². The van der Waals surface area contributed by atoms with Crippen molar-refractivity contribution in [1.29, 1.82) is 0 Å². The van der Waals surface area contributed by atoms with Gasteiger partial charge in [0.1, 0.15) is 6.61 Å². The number of benzene rings is 4. The summed E-state index contributed by atoms with van der Waals surface area (Å²) in [6, 6.07) is 37.2. The summed E-state index contributed by atoms with van der Waals surface area (Å²) in [5.41, 5.74) is 4.14. The molecule has 6 nitrogen and oxygen atoms in total. The van der Waals surface area contributed by atoms with Crippen molar-refractivity contribution in [2.45, 2.75) is 18.3 Å². The van der Waals surface area contributed by atoms with Crippen LogP contribution >= 0.6 is 11.8 Å². The van der Waals surface area contributed by atoms with E-state index in [2.05, 4.69) is 78.1 Å². The van der Waals surface area contributed by atoms with Crippen LogP contribution in [0.15, 0.2) is 126 Å². The van der Waals surface area contributed by atoms with Gasteiger partial charge in [0.25, 0.3) is 5.69 Å². The molecule has 38 heavy (non-hydrogen) atoms. The van der Waals surface area contributed by atoms with Gasteiger partial charge < -0.3 is 10.1 Å². The highest BCUT2D eigenvalue weighted by Crippen LogP contribution is 2.51. The lowest BCUT2D eigenvalue weighted by atomic mass is 9.84. The standard InChI is InChI=1S/C31H28N2O4S/c1-24(21-22-32-30(34)37-23-25-17-19-29(20-18-25)33(35)36)38-31(26-11-5-2-6-12-26,27-13-7-3-8-14-27)28-15-9-4-10-16-28/h2-21H,22-23H2,1H3,(H,32,34)/b24-21-. The first-order valence-corrected chi connectivity index (χ1v) is 13.0. The van der Waals surface area contributed by atoms with Crippen molar-refractivity contribution < 1.29 is 14.5 Å². The van der Waals surface area contributed by atoms with Crippen LogP contribution in [0.3, 0.4) is 0 Å². The highest BCUT2D eigenvalue weighted by Gasteiger charge is 2.37. The monoisotopic (exact) mass is 524 g/mol. The zero-order valence-corrected chi connectivity index (χ0v) is 21.8. The number of thioether (sulfide) groups is 1. The summed E-state index contributed by atoms with van der Waals surface area (Å²) >= 11 is 1.73. The Balaban J connectivity index is 1.49. The number of rotatable bonds is 10. The highest BCUT2D eigenvalue weighted by atomic mass is 32.2. The van der Waals surface area contributed by atoms with E-state index in [-0.39, 0.29) is 12.3 Å². The number of alkyl carbamates (subject to hydrolysis) is 1. The molecule has 0 saturated heterocycles. The average molecular weight is 525 g/mol. The van der Waals surface area contributed by atoms with E-state index in [1.807, 2.05) is 31.2 Å². The van der Waals surface area contributed by atoms with E-state index >= 15 is 0 Å². The van der Waals surface area contributed by atoms with E-state index in [0.29, 0.717) is 12.1 Å². The fourth-order valence-electron chi connectivity index (χ4n) is 4.17. The minimum absolute atomic E-state index is 0.00565. The third-order valence-corrected chi connectivity index (χ3v) is 7.51. The molecule has 0 saturated carbocycles.